The van der Waals surface area contributed by atoms with Crippen LogP contribution in [0, 0.1) is 6.92 Å². The van der Waals surface area contributed by atoms with E-state index in [1.165, 1.54) is 10.5 Å². The average Bonchev–Trinajstić information content (AvgIpc) is 2.46. The molecule has 0 radical (unpaired) electrons. The number of aromatic nitrogens is 1. The molecule has 2 aromatic rings. The summed E-state index contributed by atoms with van der Waals surface area (Å²) in [6.07, 6.45) is 0. The van der Waals surface area contributed by atoms with Gasteiger partial charge in [-0.2, -0.15) is 0 Å². The molecule has 0 saturated heterocycles. The molecular weight excluding hydrogens is 264 g/mol. The first-order chi connectivity index (χ1) is 10.1. The minimum absolute atomic E-state index is 0.0658. The molecule has 1 heterocycles. The molecule has 0 aliphatic carbocycles. The molecule has 1 aromatic carbocycles. The Bertz CT molecular complexity index is 625. The molecule has 0 bridgehead atoms. The zero-order chi connectivity index (χ0) is 15.2. The monoisotopic (exact) mass is 286 g/mol. The van der Waals surface area contributed by atoms with Gasteiger partial charge in [0.2, 0.25) is 0 Å². The molecular formula is C16H22N4O. The fourth-order valence-corrected chi connectivity index (χ4v) is 2.04. The largest absolute Gasteiger partial charge is 0.337 e. The Kier molecular flexibility index (Phi) is 5.11. The first kappa shape index (κ1) is 15.3. The van der Waals surface area contributed by atoms with Crippen LogP contribution < -0.4 is 10.6 Å². The molecule has 5 heteroatoms. The van der Waals surface area contributed by atoms with Gasteiger partial charge in [0.25, 0.3) is 0 Å². The maximum atomic E-state index is 11.3. The second kappa shape index (κ2) is 7.04. The van der Waals surface area contributed by atoms with Crippen LogP contribution in [-0.4, -0.2) is 43.1 Å². The molecule has 1 aromatic heterocycles. The number of carbonyl (C=O) groups excluding carboxylic acids is 1. The Morgan fingerprint density at radius 1 is 1.19 bits per heavy atom. The van der Waals surface area contributed by atoms with Crippen molar-refractivity contribution in [3.05, 3.63) is 41.6 Å². The second-order valence-electron chi connectivity index (χ2n) is 5.28. The van der Waals surface area contributed by atoms with Crippen molar-refractivity contribution >= 4 is 16.9 Å². The zero-order valence-corrected chi connectivity index (χ0v) is 12.8. The summed E-state index contributed by atoms with van der Waals surface area (Å²) < 4.78 is 0. The number of benzene rings is 1. The highest BCUT2D eigenvalue weighted by molar-refractivity contribution is 5.79. The number of nitrogens with zero attached hydrogens (tertiary/aromatic N) is 2. The van der Waals surface area contributed by atoms with E-state index in [9.17, 15) is 4.79 Å². The molecule has 0 saturated carbocycles. The molecule has 21 heavy (non-hydrogen) atoms. The molecule has 0 aliphatic heterocycles. The first-order valence-electron chi connectivity index (χ1n) is 7.08. The Morgan fingerprint density at radius 2 is 2.00 bits per heavy atom. The third-order valence-corrected chi connectivity index (χ3v) is 3.21. The van der Waals surface area contributed by atoms with Gasteiger partial charge in [-0.25, -0.2) is 4.79 Å². The summed E-state index contributed by atoms with van der Waals surface area (Å²) in [5.74, 6) is 0. The van der Waals surface area contributed by atoms with Crippen molar-refractivity contribution in [1.29, 1.82) is 0 Å². The van der Waals surface area contributed by atoms with Gasteiger partial charge in [-0.3, -0.25) is 4.98 Å². The van der Waals surface area contributed by atoms with Gasteiger partial charge in [0.15, 0.2) is 0 Å². The van der Waals surface area contributed by atoms with E-state index in [4.69, 9.17) is 0 Å². The third kappa shape index (κ3) is 4.43. The fraction of sp³-hybridized carbons (Fsp3) is 0.375. The minimum Gasteiger partial charge on any atom is -0.337 e. The number of aryl methyl sites for hydroxylation is 1. The number of rotatable bonds is 5. The molecule has 0 atom stereocenters. The minimum atomic E-state index is -0.0658. The predicted molar refractivity (Wildman–Crippen MR) is 85.3 cm³/mol. The van der Waals surface area contributed by atoms with E-state index in [0.29, 0.717) is 6.54 Å². The van der Waals surface area contributed by atoms with Gasteiger partial charge >= 0.3 is 6.03 Å². The number of fused-ring (bicyclic) bond motifs is 1. The number of urea groups is 1. The van der Waals surface area contributed by atoms with E-state index in [1.807, 2.05) is 19.1 Å². The molecule has 112 valence electrons. The molecule has 0 spiro atoms. The Labute approximate surface area is 125 Å². The summed E-state index contributed by atoms with van der Waals surface area (Å²) in [5.41, 5.74) is 3.27. The normalized spacial score (nSPS) is 10.6. The van der Waals surface area contributed by atoms with Crippen LogP contribution in [0.15, 0.2) is 30.3 Å². The molecule has 0 unspecified atom stereocenters. The van der Waals surface area contributed by atoms with E-state index in [1.54, 1.807) is 14.1 Å². The summed E-state index contributed by atoms with van der Waals surface area (Å²) in [5, 5.41) is 7.29. The van der Waals surface area contributed by atoms with E-state index >= 15 is 0 Å². The lowest BCUT2D eigenvalue weighted by Crippen LogP contribution is -2.38. The fourth-order valence-electron chi connectivity index (χ4n) is 2.04. The van der Waals surface area contributed by atoms with E-state index in [-0.39, 0.29) is 6.03 Å². The lowest BCUT2D eigenvalue weighted by Gasteiger charge is -2.12. The van der Waals surface area contributed by atoms with Crippen LogP contribution >= 0.6 is 0 Å². The van der Waals surface area contributed by atoms with Gasteiger partial charge in [-0.15, -0.1) is 0 Å². The maximum absolute atomic E-state index is 11.3. The molecule has 5 nitrogen and oxygen atoms in total. The quantitative estimate of drug-likeness (QED) is 0.825. The summed E-state index contributed by atoms with van der Waals surface area (Å²) in [6.45, 7) is 4.13. The zero-order valence-electron chi connectivity index (χ0n) is 12.8. The van der Waals surface area contributed by atoms with E-state index in [0.717, 1.165) is 29.7 Å². The topological polar surface area (TPSA) is 57.3 Å². The van der Waals surface area contributed by atoms with Crippen LogP contribution in [0.5, 0.6) is 0 Å². The number of hydrogen-bond donors (Lipinski definition) is 2. The van der Waals surface area contributed by atoms with Crippen molar-refractivity contribution in [1.82, 2.24) is 20.5 Å². The highest BCUT2D eigenvalue weighted by Gasteiger charge is 2.01. The van der Waals surface area contributed by atoms with Gasteiger partial charge in [-0.05, 0) is 30.7 Å². The number of carbonyl (C=O) groups is 1. The van der Waals surface area contributed by atoms with Crippen molar-refractivity contribution in [2.24, 2.45) is 0 Å². The maximum Gasteiger partial charge on any atom is 0.316 e. The summed E-state index contributed by atoms with van der Waals surface area (Å²) in [6, 6.07) is 10.3. The molecule has 2 amide bonds. The van der Waals surface area contributed by atoms with E-state index < -0.39 is 0 Å². The standard InChI is InChI=1S/C16H22N4O/c1-12-4-6-14-10-13(5-7-15(14)19-12)11-17-8-9-18-16(21)20(2)3/h4-7,10,17H,8-9,11H2,1-3H3,(H,18,21). The highest BCUT2D eigenvalue weighted by atomic mass is 16.2. The van der Waals surface area contributed by atoms with Crippen molar-refractivity contribution in [3.63, 3.8) is 0 Å². The number of pyridine rings is 1. The third-order valence-electron chi connectivity index (χ3n) is 3.21. The lowest BCUT2D eigenvalue weighted by atomic mass is 10.1. The van der Waals surface area contributed by atoms with Crippen LogP contribution in [0.25, 0.3) is 10.9 Å². The highest BCUT2D eigenvalue weighted by Crippen LogP contribution is 2.14. The number of nitrogens with one attached hydrogen (secondary N) is 2. The van der Waals surface area contributed by atoms with Crippen LogP contribution in [0.1, 0.15) is 11.3 Å². The van der Waals surface area contributed by atoms with Crippen molar-refractivity contribution in [3.8, 4) is 0 Å². The summed E-state index contributed by atoms with van der Waals surface area (Å²) in [7, 11) is 3.46. The van der Waals surface area contributed by atoms with Crippen LogP contribution in [0.3, 0.4) is 0 Å². The van der Waals surface area contributed by atoms with Crippen LogP contribution in [-0.2, 0) is 6.54 Å². The smallest absolute Gasteiger partial charge is 0.316 e. The van der Waals surface area contributed by atoms with Crippen LogP contribution in [0.4, 0.5) is 4.79 Å². The molecule has 0 fully saturated rings. The van der Waals surface area contributed by atoms with Gasteiger partial charge in [0.1, 0.15) is 0 Å². The number of hydrogen-bond acceptors (Lipinski definition) is 3. The summed E-state index contributed by atoms with van der Waals surface area (Å²) >= 11 is 0. The van der Waals surface area contributed by atoms with Gasteiger partial charge in [-0.1, -0.05) is 12.1 Å². The lowest BCUT2D eigenvalue weighted by molar-refractivity contribution is 0.217. The van der Waals surface area contributed by atoms with E-state index in [2.05, 4.69) is 33.8 Å². The van der Waals surface area contributed by atoms with Gasteiger partial charge < -0.3 is 15.5 Å². The van der Waals surface area contributed by atoms with Crippen molar-refractivity contribution in [2.75, 3.05) is 27.2 Å². The van der Waals surface area contributed by atoms with Crippen LogP contribution in [0.2, 0.25) is 0 Å². The molecule has 2 N–H and O–H groups in total. The SMILES string of the molecule is Cc1ccc2cc(CNCCNC(=O)N(C)C)ccc2n1. The second-order valence-corrected chi connectivity index (χ2v) is 5.28. The van der Waals surface area contributed by atoms with Gasteiger partial charge in [0, 0.05) is 44.8 Å². The Morgan fingerprint density at radius 3 is 2.76 bits per heavy atom. The Hall–Kier alpha value is -2.14. The molecule has 0 aliphatic rings. The molecule has 2 rings (SSSR count). The summed E-state index contributed by atoms with van der Waals surface area (Å²) in [4.78, 5) is 17.3. The average molecular weight is 286 g/mol. The van der Waals surface area contributed by atoms with Crippen molar-refractivity contribution < 1.29 is 4.79 Å². The number of amides is 2. The first-order valence-corrected chi connectivity index (χ1v) is 7.08. The predicted octanol–water partition coefficient (Wildman–Crippen LogP) is 1.90. The van der Waals surface area contributed by atoms with Crippen molar-refractivity contribution in [2.45, 2.75) is 13.5 Å². The van der Waals surface area contributed by atoms with Gasteiger partial charge in [0.05, 0.1) is 5.52 Å². The Balaban J connectivity index is 1.81.